The molecule has 4 aliphatic rings. The minimum Gasteiger partial charge on any atom is -0.384 e. The number of ether oxygens (including phenoxy) is 2. The smallest absolute Gasteiger partial charge is 0.303 e. The summed E-state index contributed by atoms with van der Waals surface area (Å²) in [5, 5.41) is 49.0. The van der Waals surface area contributed by atoms with E-state index in [0.717, 1.165) is 82.5 Å². The molecule has 2 aromatic carbocycles. The highest BCUT2D eigenvalue weighted by Crippen LogP contribution is 2.43. The highest BCUT2D eigenvalue weighted by atomic mass is 35.5. The average molecular weight is 1010 g/mol. The molecule has 71 heavy (non-hydrogen) atoms. The van der Waals surface area contributed by atoms with Crippen molar-refractivity contribution in [3.8, 4) is 0 Å². The molecule has 0 spiro atoms. The van der Waals surface area contributed by atoms with Crippen LogP contribution in [0.2, 0.25) is 5.15 Å². The predicted octanol–water partition coefficient (Wildman–Crippen LogP) is 9.39. The topological polar surface area (TPSA) is 176 Å². The van der Waals surface area contributed by atoms with Crippen molar-refractivity contribution < 1.29 is 46.0 Å². The van der Waals surface area contributed by atoms with Gasteiger partial charge in [0, 0.05) is 64.2 Å². The van der Waals surface area contributed by atoms with Crippen molar-refractivity contribution in [2.24, 2.45) is 0 Å². The molecule has 380 valence electrons. The summed E-state index contributed by atoms with van der Waals surface area (Å²) in [4.78, 5) is 10.9. The maximum absolute atomic E-state index is 15.3. The SMILES string of the molecule is C1O[C@H]2CN[C@@H]1C2.Cc1nnc(N[C@H](C)c2cccc(C(F)(F)C(C)(C)O)c2F)c2cc(Cl)ncc12.Cc1nnc(N[C@H](C)c2cccc(C(F)(F)C(C)(C)O)c2F)c2cc(N3C[C@H]4C[C@@H]3CO4)ncc12. The van der Waals surface area contributed by atoms with Gasteiger partial charge in [-0.15, -0.1) is 10.2 Å². The Morgan fingerprint density at radius 1 is 0.704 bits per heavy atom. The van der Waals surface area contributed by atoms with Crippen LogP contribution in [0.3, 0.4) is 0 Å². The van der Waals surface area contributed by atoms with E-state index in [1.165, 1.54) is 30.7 Å². The van der Waals surface area contributed by atoms with Gasteiger partial charge in [0.25, 0.3) is 0 Å². The van der Waals surface area contributed by atoms with Crippen LogP contribution < -0.4 is 20.9 Å². The number of halogens is 7. The number of aromatic nitrogens is 6. The van der Waals surface area contributed by atoms with Crippen LogP contribution in [0.4, 0.5) is 43.8 Å². The van der Waals surface area contributed by atoms with E-state index in [9.17, 15) is 32.2 Å². The summed E-state index contributed by atoms with van der Waals surface area (Å²) in [6.45, 7) is 14.1. The van der Waals surface area contributed by atoms with E-state index in [-0.39, 0.29) is 28.4 Å². The average Bonchev–Trinajstić information content (AvgIpc) is 4.16. The summed E-state index contributed by atoms with van der Waals surface area (Å²) < 4.78 is 99.8. The number of morpholine rings is 2. The highest BCUT2D eigenvalue weighted by Gasteiger charge is 2.50. The monoisotopic (exact) mass is 1010 g/mol. The van der Waals surface area contributed by atoms with Gasteiger partial charge in [0.1, 0.15) is 33.8 Å². The largest absolute Gasteiger partial charge is 0.384 e. The van der Waals surface area contributed by atoms with E-state index < -0.39 is 57.9 Å². The number of aryl methyl sites for hydroxylation is 2. The van der Waals surface area contributed by atoms with Gasteiger partial charge in [0.15, 0.2) is 11.6 Å². The number of nitrogens with zero attached hydrogens (tertiary/aromatic N) is 7. The summed E-state index contributed by atoms with van der Waals surface area (Å²) in [5.41, 5.74) is -5.21. The lowest BCUT2D eigenvalue weighted by molar-refractivity contribution is -0.170. The Kier molecular flexibility index (Phi) is 14.5. The molecule has 0 saturated carbocycles. The summed E-state index contributed by atoms with van der Waals surface area (Å²) in [5.74, 6) is -8.19. The van der Waals surface area contributed by atoms with Crippen LogP contribution in [-0.2, 0) is 21.3 Å². The second-order valence-electron chi connectivity index (χ2n) is 19.6. The Labute approximate surface area is 411 Å². The van der Waals surface area contributed by atoms with Crippen molar-refractivity contribution in [2.45, 2.75) is 128 Å². The van der Waals surface area contributed by atoms with Crippen molar-refractivity contribution in [3.05, 3.63) is 111 Å². The van der Waals surface area contributed by atoms with E-state index in [1.807, 2.05) is 13.0 Å². The first-order chi connectivity index (χ1) is 33.3. The molecule has 4 bridgehead atoms. The van der Waals surface area contributed by atoms with Crippen LogP contribution in [0.1, 0.15) is 100 Å². The Balaban J connectivity index is 0.000000169. The standard InChI is InChI=1S/C25H28F3N5O2.C20H20ClF3N4O.C5H9NO/c1-13(17-6-5-7-20(22(17)26)25(27,28)24(3,4)34)30-23-18-9-21(29-10-19(18)14(2)31-32-23)33-11-16-8-15(33)12-35-16;1-10(12-6-5-7-15(17(12)22)20(23,24)19(3,4)29)26-18-13-8-16(21)25-9-14(13)11(2)27-28-18;1-4-3-7-5(1)2-6-4/h5-7,9-10,13,15-16,34H,8,11-12H2,1-4H3,(H,30,32);5-10,29H,1-4H3,(H,26,28);4-6H,1-3H2/t13-,15-,16-;10-;4-,5-/m111/s1. The fourth-order valence-corrected chi connectivity index (χ4v) is 9.28. The lowest BCUT2D eigenvalue weighted by Crippen LogP contribution is -2.41. The highest BCUT2D eigenvalue weighted by molar-refractivity contribution is 6.30. The number of benzene rings is 2. The first kappa shape index (κ1) is 51.8. The third-order valence-electron chi connectivity index (χ3n) is 13.5. The second-order valence-corrected chi connectivity index (χ2v) is 20.0. The van der Waals surface area contributed by atoms with Gasteiger partial charge >= 0.3 is 11.8 Å². The molecule has 5 N–H and O–H groups in total. The van der Waals surface area contributed by atoms with E-state index >= 15 is 4.39 Å². The molecule has 0 aliphatic carbocycles. The Bertz CT molecular complexity index is 2910. The van der Waals surface area contributed by atoms with Crippen molar-refractivity contribution >= 4 is 50.6 Å². The number of fused-ring (bicyclic) bond motifs is 6. The van der Waals surface area contributed by atoms with Gasteiger partial charge in [-0.25, -0.2) is 18.7 Å². The van der Waals surface area contributed by atoms with Crippen molar-refractivity contribution in [1.82, 2.24) is 35.7 Å². The molecule has 0 unspecified atom stereocenters. The summed E-state index contributed by atoms with van der Waals surface area (Å²) in [6.07, 6.45) is 6.31. The van der Waals surface area contributed by atoms with E-state index in [4.69, 9.17) is 21.1 Å². The molecule has 4 aliphatic heterocycles. The summed E-state index contributed by atoms with van der Waals surface area (Å²) in [6, 6.07) is 10.6. The fraction of sp³-hybridized carbons (Fsp3) is 0.480. The molecule has 0 radical (unpaired) electrons. The van der Waals surface area contributed by atoms with Gasteiger partial charge < -0.3 is 40.5 Å². The van der Waals surface area contributed by atoms with E-state index in [0.29, 0.717) is 52.5 Å². The Hall–Kier alpha value is -5.51. The van der Waals surface area contributed by atoms with Gasteiger partial charge in [-0.05, 0) is 92.5 Å². The van der Waals surface area contributed by atoms with Gasteiger partial charge in [-0.2, -0.15) is 27.8 Å². The lowest BCUT2D eigenvalue weighted by atomic mass is 9.91. The number of anilines is 3. The zero-order chi connectivity index (χ0) is 51.4. The molecule has 4 saturated heterocycles. The van der Waals surface area contributed by atoms with Crippen LogP contribution in [0.15, 0.2) is 60.9 Å². The molecular weight excluding hydrogens is 954 g/mol. The van der Waals surface area contributed by atoms with Gasteiger partial charge in [-0.3, -0.25) is 0 Å². The molecule has 6 atom stereocenters. The fourth-order valence-electron chi connectivity index (χ4n) is 9.13. The van der Waals surface area contributed by atoms with Crippen molar-refractivity contribution in [1.29, 1.82) is 0 Å². The number of aliphatic hydroxyl groups is 2. The first-order valence-electron chi connectivity index (χ1n) is 23.3. The predicted molar refractivity (Wildman–Crippen MR) is 258 cm³/mol. The zero-order valence-corrected chi connectivity index (χ0v) is 41.2. The normalized spacial score (nSPS) is 20.7. The molecule has 8 heterocycles. The van der Waals surface area contributed by atoms with E-state index in [2.05, 4.69) is 51.2 Å². The lowest BCUT2D eigenvalue weighted by Gasteiger charge is -2.30. The Morgan fingerprint density at radius 3 is 1.62 bits per heavy atom. The van der Waals surface area contributed by atoms with Crippen LogP contribution >= 0.6 is 11.6 Å². The molecular formula is C50H57ClF6N10O4. The number of alkyl halides is 4. The third kappa shape index (κ3) is 10.4. The van der Waals surface area contributed by atoms with Gasteiger partial charge in [0.2, 0.25) is 0 Å². The minimum atomic E-state index is -3.78. The van der Waals surface area contributed by atoms with Gasteiger partial charge in [-0.1, -0.05) is 35.9 Å². The minimum absolute atomic E-state index is 0.00195. The number of pyridine rings is 2. The first-order valence-corrected chi connectivity index (χ1v) is 23.7. The maximum Gasteiger partial charge on any atom is 0.303 e. The zero-order valence-electron chi connectivity index (χ0n) is 40.5. The molecule has 4 aromatic heterocycles. The molecule has 0 amide bonds. The van der Waals surface area contributed by atoms with Crippen LogP contribution in [0.5, 0.6) is 0 Å². The van der Waals surface area contributed by atoms with Crippen LogP contribution in [0.25, 0.3) is 21.5 Å². The third-order valence-corrected chi connectivity index (χ3v) is 13.7. The van der Waals surface area contributed by atoms with Crippen molar-refractivity contribution in [2.75, 3.05) is 41.8 Å². The van der Waals surface area contributed by atoms with Crippen LogP contribution in [0, 0.1) is 25.5 Å². The molecule has 4 fully saturated rings. The summed E-state index contributed by atoms with van der Waals surface area (Å²) in [7, 11) is 0. The quantitative estimate of drug-likeness (QED) is 0.0613. The van der Waals surface area contributed by atoms with E-state index in [1.54, 1.807) is 39.2 Å². The molecule has 14 nitrogen and oxygen atoms in total. The van der Waals surface area contributed by atoms with Crippen LogP contribution in [-0.4, -0.2) is 102 Å². The number of rotatable bonds is 11. The molecule has 10 rings (SSSR count). The molecule has 6 aromatic rings. The Morgan fingerprint density at radius 2 is 1.21 bits per heavy atom. The maximum atomic E-state index is 15.3. The number of nitrogens with one attached hydrogen (secondary N) is 3. The molecule has 21 heteroatoms. The number of hydrogen-bond acceptors (Lipinski definition) is 14. The van der Waals surface area contributed by atoms with Crippen molar-refractivity contribution in [3.63, 3.8) is 0 Å². The second kappa shape index (κ2) is 19.8. The number of hydrogen-bond donors (Lipinski definition) is 5. The van der Waals surface area contributed by atoms with Gasteiger partial charge in [0.05, 0.1) is 66.1 Å². The summed E-state index contributed by atoms with van der Waals surface area (Å²) >= 11 is 5.98.